The summed E-state index contributed by atoms with van der Waals surface area (Å²) in [6.45, 7) is 2.11. The number of hydrogen-bond donors (Lipinski definition) is 0. The summed E-state index contributed by atoms with van der Waals surface area (Å²) in [6, 6.07) is 52.0. The van der Waals surface area contributed by atoms with Crippen molar-refractivity contribution in [3.63, 3.8) is 0 Å². The molecule has 0 radical (unpaired) electrons. The number of aliphatic imine (C=N–C) groups is 1. The summed E-state index contributed by atoms with van der Waals surface area (Å²) in [6.07, 6.45) is 3.07. The van der Waals surface area contributed by atoms with Crippen molar-refractivity contribution in [1.82, 2.24) is 4.57 Å². The number of benzene rings is 6. The molecule has 0 atom stereocenters. The van der Waals surface area contributed by atoms with Gasteiger partial charge in [0.25, 0.3) is 0 Å². The van der Waals surface area contributed by atoms with Gasteiger partial charge in [-0.3, -0.25) is 4.99 Å². The van der Waals surface area contributed by atoms with Crippen LogP contribution in [0.1, 0.15) is 23.6 Å². The Balaban J connectivity index is 1.23. The molecule has 210 valence electrons. The van der Waals surface area contributed by atoms with Gasteiger partial charge in [-0.2, -0.15) is 0 Å². The summed E-state index contributed by atoms with van der Waals surface area (Å²) in [5.41, 5.74) is 9.15. The molecule has 0 unspecified atom stereocenters. The lowest BCUT2D eigenvalue weighted by molar-refractivity contribution is 1.19. The Kier molecular flexibility index (Phi) is 6.66. The van der Waals surface area contributed by atoms with Crippen molar-refractivity contribution in [3.8, 4) is 5.69 Å². The third kappa shape index (κ3) is 4.63. The molecular formula is C41H30N2S. The van der Waals surface area contributed by atoms with Crippen molar-refractivity contribution in [1.29, 1.82) is 0 Å². The van der Waals surface area contributed by atoms with Gasteiger partial charge in [0.2, 0.25) is 0 Å². The highest BCUT2D eigenvalue weighted by atomic mass is 32.1. The first kappa shape index (κ1) is 26.4. The first-order valence-electron chi connectivity index (χ1n) is 15.0. The van der Waals surface area contributed by atoms with Gasteiger partial charge in [0.1, 0.15) is 0 Å². The highest BCUT2D eigenvalue weighted by Crippen LogP contribution is 2.42. The first-order valence-corrected chi connectivity index (χ1v) is 15.9. The molecular weight excluding hydrogens is 553 g/mol. The quantitative estimate of drug-likeness (QED) is 0.174. The van der Waals surface area contributed by atoms with Gasteiger partial charge in [-0.25, -0.2) is 0 Å². The third-order valence-electron chi connectivity index (χ3n) is 8.45. The van der Waals surface area contributed by atoms with Gasteiger partial charge >= 0.3 is 0 Å². The highest BCUT2D eigenvalue weighted by Gasteiger charge is 2.17. The fourth-order valence-electron chi connectivity index (χ4n) is 6.26. The van der Waals surface area contributed by atoms with Crippen molar-refractivity contribution in [2.24, 2.45) is 4.99 Å². The Labute approximate surface area is 260 Å². The normalized spacial score (nSPS) is 12.6. The van der Waals surface area contributed by atoms with Crippen LogP contribution in [0.3, 0.4) is 0 Å². The summed E-state index contributed by atoms with van der Waals surface area (Å²) in [7, 11) is 0. The SMILES string of the molecule is C/C(=N\C(=C/Cc1ccccc1)c1ccccc1)c1ccc(-n2c3ccccc3c3ccc4c5ccccc5sc4c32)cc1. The molecule has 0 saturated carbocycles. The van der Waals surface area contributed by atoms with Gasteiger partial charge in [0, 0.05) is 37.6 Å². The molecule has 0 fully saturated rings. The van der Waals surface area contributed by atoms with E-state index in [0.29, 0.717) is 0 Å². The van der Waals surface area contributed by atoms with Gasteiger partial charge in [0.05, 0.1) is 21.4 Å². The maximum Gasteiger partial charge on any atom is 0.0719 e. The van der Waals surface area contributed by atoms with E-state index in [2.05, 4.69) is 163 Å². The highest BCUT2D eigenvalue weighted by molar-refractivity contribution is 7.26. The lowest BCUT2D eigenvalue weighted by atomic mass is 10.1. The molecule has 3 heteroatoms. The molecule has 2 heterocycles. The van der Waals surface area contributed by atoms with Gasteiger partial charge in [-0.1, -0.05) is 127 Å². The molecule has 44 heavy (non-hydrogen) atoms. The Bertz CT molecular complexity index is 2340. The summed E-state index contributed by atoms with van der Waals surface area (Å²) in [5.74, 6) is 0. The van der Waals surface area contributed by atoms with E-state index in [1.54, 1.807) is 0 Å². The summed E-state index contributed by atoms with van der Waals surface area (Å²) < 4.78 is 5.09. The van der Waals surface area contributed by atoms with Crippen LogP contribution in [0.15, 0.2) is 157 Å². The van der Waals surface area contributed by atoms with Gasteiger partial charge in [-0.15, -0.1) is 11.3 Å². The summed E-state index contributed by atoms with van der Waals surface area (Å²) >= 11 is 1.88. The van der Waals surface area contributed by atoms with E-state index in [1.807, 2.05) is 11.3 Å². The van der Waals surface area contributed by atoms with Crippen molar-refractivity contribution in [3.05, 3.63) is 168 Å². The number of rotatable bonds is 6. The van der Waals surface area contributed by atoms with E-state index in [4.69, 9.17) is 4.99 Å². The Morgan fingerprint density at radius 1 is 0.614 bits per heavy atom. The second-order valence-electron chi connectivity index (χ2n) is 11.2. The van der Waals surface area contributed by atoms with Gasteiger partial charge in [0.15, 0.2) is 0 Å². The van der Waals surface area contributed by atoms with Crippen LogP contribution < -0.4 is 0 Å². The zero-order chi connectivity index (χ0) is 29.5. The second kappa shape index (κ2) is 11.1. The van der Waals surface area contributed by atoms with E-state index >= 15 is 0 Å². The molecule has 0 aliphatic carbocycles. The molecule has 0 amide bonds. The predicted molar refractivity (Wildman–Crippen MR) is 190 cm³/mol. The maximum atomic E-state index is 5.16. The molecule has 0 aliphatic rings. The molecule has 0 N–H and O–H groups in total. The van der Waals surface area contributed by atoms with Crippen LogP contribution in [-0.2, 0) is 6.42 Å². The largest absolute Gasteiger partial charge is 0.308 e. The molecule has 8 aromatic rings. The number of nitrogens with zero attached hydrogens (tertiary/aromatic N) is 2. The Morgan fingerprint density at radius 2 is 1.27 bits per heavy atom. The lowest BCUT2D eigenvalue weighted by Crippen LogP contribution is -1.99. The minimum absolute atomic E-state index is 0.834. The van der Waals surface area contributed by atoms with Crippen molar-refractivity contribution < 1.29 is 0 Å². The first-order chi connectivity index (χ1) is 21.7. The van der Waals surface area contributed by atoms with Crippen LogP contribution in [0.2, 0.25) is 0 Å². The number of aromatic nitrogens is 1. The molecule has 8 rings (SSSR count). The van der Waals surface area contributed by atoms with Gasteiger partial charge in [-0.05, 0) is 54.3 Å². The van der Waals surface area contributed by atoms with Crippen molar-refractivity contribution in [2.45, 2.75) is 13.3 Å². The summed E-state index contributed by atoms with van der Waals surface area (Å²) in [5, 5.41) is 5.21. The van der Waals surface area contributed by atoms with E-state index in [9.17, 15) is 0 Å². The minimum atomic E-state index is 0.834. The fraction of sp³-hybridized carbons (Fsp3) is 0.0488. The van der Waals surface area contributed by atoms with Crippen molar-refractivity contribution in [2.75, 3.05) is 0 Å². The number of fused-ring (bicyclic) bond motifs is 7. The predicted octanol–water partition coefficient (Wildman–Crippen LogP) is 11.2. The van der Waals surface area contributed by atoms with Crippen LogP contribution in [0, 0.1) is 0 Å². The molecule has 0 saturated heterocycles. The topological polar surface area (TPSA) is 17.3 Å². The molecule has 2 aromatic heterocycles. The number of para-hydroxylation sites is 1. The smallest absolute Gasteiger partial charge is 0.0719 e. The molecule has 0 aliphatic heterocycles. The molecule has 0 bridgehead atoms. The van der Waals surface area contributed by atoms with Crippen LogP contribution in [-0.4, -0.2) is 10.3 Å². The maximum absolute atomic E-state index is 5.16. The van der Waals surface area contributed by atoms with Crippen LogP contribution in [0.25, 0.3) is 53.4 Å². The van der Waals surface area contributed by atoms with E-state index in [-0.39, 0.29) is 0 Å². The summed E-state index contributed by atoms with van der Waals surface area (Å²) in [4.78, 5) is 5.16. The zero-order valence-electron chi connectivity index (χ0n) is 24.4. The molecule has 0 spiro atoms. The number of hydrogen-bond acceptors (Lipinski definition) is 2. The van der Waals surface area contributed by atoms with Crippen LogP contribution in [0.4, 0.5) is 0 Å². The Morgan fingerprint density at radius 3 is 2.07 bits per heavy atom. The van der Waals surface area contributed by atoms with E-state index in [1.165, 1.54) is 47.5 Å². The van der Waals surface area contributed by atoms with Crippen LogP contribution >= 0.6 is 11.3 Å². The standard InChI is InChI=1S/C41H30N2S/c1-28(42-37(31-14-6-3-7-15-31)27-20-29-12-4-2-5-13-29)30-21-23-32(24-22-30)43-38-18-10-8-16-33(38)35-25-26-36-34-17-9-11-19-39(34)44-41(36)40(35)43/h2-19,21-27H,20H2,1H3/b37-27-,42-28+. The monoisotopic (exact) mass is 582 g/mol. The third-order valence-corrected chi connectivity index (χ3v) is 9.65. The van der Waals surface area contributed by atoms with Crippen molar-refractivity contribution >= 4 is 64.7 Å². The fourth-order valence-corrected chi connectivity index (χ4v) is 7.50. The number of thiophene rings is 1. The molecule has 2 nitrogen and oxygen atoms in total. The van der Waals surface area contributed by atoms with E-state index < -0.39 is 0 Å². The lowest BCUT2D eigenvalue weighted by Gasteiger charge is -2.11. The zero-order valence-corrected chi connectivity index (χ0v) is 25.3. The average molecular weight is 583 g/mol. The second-order valence-corrected chi connectivity index (χ2v) is 12.2. The molecule has 6 aromatic carbocycles. The van der Waals surface area contributed by atoms with Gasteiger partial charge < -0.3 is 4.57 Å². The van der Waals surface area contributed by atoms with E-state index in [0.717, 1.165) is 34.6 Å². The number of allylic oxidation sites excluding steroid dienone is 1. The Hall–Kier alpha value is -5.25. The average Bonchev–Trinajstić information content (AvgIpc) is 3.63. The minimum Gasteiger partial charge on any atom is -0.308 e. The van der Waals surface area contributed by atoms with Crippen LogP contribution in [0.5, 0.6) is 0 Å².